The van der Waals surface area contributed by atoms with Crippen molar-refractivity contribution in [1.82, 2.24) is 9.80 Å². The lowest BCUT2D eigenvalue weighted by Gasteiger charge is -2.28. The quantitative estimate of drug-likeness (QED) is 0.517. The van der Waals surface area contributed by atoms with Crippen molar-refractivity contribution in [3.63, 3.8) is 0 Å². The van der Waals surface area contributed by atoms with E-state index in [1.165, 1.54) is 45.4 Å². The second-order valence-corrected chi connectivity index (χ2v) is 8.87. The van der Waals surface area contributed by atoms with Crippen LogP contribution in [-0.2, 0) is 0 Å². The highest BCUT2D eigenvalue weighted by Crippen LogP contribution is 2.25. The van der Waals surface area contributed by atoms with Crippen LogP contribution in [0.2, 0.25) is 0 Å². The summed E-state index contributed by atoms with van der Waals surface area (Å²) >= 11 is 0. The van der Waals surface area contributed by atoms with Crippen molar-refractivity contribution in [2.24, 2.45) is 0 Å². The van der Waals surface area contributed by atoms with Crippen LogP contribution < -0.4 is 9.47 Å². The maximum Gasteiger partial charge on any atom is 0.163 e. The van der Waals surface area contributed by atoms with Gasteiger partial charge in [-0.2, -0.15) is 0 Å². The maximum atomic E-state index is 12.1. The summed E-state index contributed by atoms with van der Waals surface area (Å²) in [6.45, 7) is 7.11. The van der Waals surface area contributed by atoms with Crippen LogP contribution in [0.25, 0.3) is 0 Å². The molecule has 0 amide bonds. The SMILES string of the molecule is CC(=O)c1cc(OCC(O)CN2CCCCC2)ccc1OCC(O)CN1CCCCC1. The first-order valence-corrected chi connectivity index (χ1v) is 11.7. The lowest BCUT2D eigenvalue weighted by atomic mass is 10.1. The average molecular weight is 435 g/mol. The van der Waals surface area contributed by atoms with Gasteiger partial charge in [-0.3, -0.25) is 4.79 Å². The molecule has 2 heterocycles. The van der Waals surface area contributed by atoms with Gasteiger partial charge in [0.1, 0.15) is 36.9 Å². The highest BCUT2D eigenvalue weighted by Gasteiger charge is 2.18. The number of β-amino-alcohol motifs (C(OH)–C–C–N with tert-alkyl or cyclic N) is 2. The molecule has 2 aliphatic heterocycles. The molecule has 2 fully saturated rings. The van der Waals surface area contributed by atoms with Crippen LogP contribution in [0.5, 0.6) is 11.5 Å². The highest BCUT2D eigenvalue weighted by atomic mass is 16.5. The molecule has 2 saturated heterocycles. The van der Waals surface area contributed by atoms with Gasteiger partial charge in [0.15, 0.2) is 5.78 Å². The summed E-state index contributed by atoms with van der Waals surface area (Å²) in [5.74, 6) is 0.857. The van der Waals surface area contributed by atoms with Gasteiger partial charge in [-0.1, -0.05) is 12.8 Å². The number of likely N-dealkylation sites (tertiary alicyclic amines) is 2. The van der Waals surface area contributed by atoms with E-state index in [1.54, 1.807) is 18.2 Å². The first kappa shape index (κ1) is 24.0. The van der Waals surface area contributed by atoms with E-state index >= 15 is 0 Å². The van der Waals surface area contributed by atoms with Crippen LogP contribution in [0.15, 0.2) is 18.2 Å². The predicted octanol–water partition coefficient (Wildman–Crippen LogP) is 2.34. The van der Waals surface area contributed by atoms with Crippen LogP contribution in [0.4, 0.5) is 0 Å². The molecule has 1 aromatic carbocycles. The minimum atomic E-state index is -0.598. The van der Waals surface area contributed by atoms with E-state index < -0.39 is 12.2 Å². The number of benzene rings is 1. The normalized spacial score (nSPS) is 20.2. The van der Waals surface area contributed by atoms with Gasteiger partial charge in [0.25, 0.3) is 0 Å². The average Bonchev–Trinajstić information content (AvgIpc) is 2.78. The fourth-order valence-electron chi connectivity index (χ4n) is 4.36. The number of aliphatic hydroxyl groups is 2. The lowest BCUT2D eigenvalue weighted by Crippen LogP contribution is -2.38. The zero-order valence-corrected chi connectivity index (χ0v) is 18.8. The number of rotatable bonds is 11. The first-order chi connectivity index (χ1) is 15.0. The Bertz CT molecular complexity index is 687. The lowest BCUT2D eigenvalue weighted by molar-refractivity contribution is 0.0600. The van der Waals surface area contributed by atoms with Gasteiger partial charge >= 0.3 is 0 Å². The largest absolute Gasteiger partial charge is 0.491 e. The zero-order valence-electron chi connectivity index (χ0n) is 18.8. The van der Waals surface area contributed by atoms with Gasteiger partial charge in [0.05, 0.1) is 5.56 Å². The van der Waals surface area contributed by atoms with Crippen LogP contribution in [0.1, 0.15) is 55.8 Å². The fourth-order valence-corrected chi connectivity index (χ4v) is 4.36. The third-order valence-electron chi connectivity index (χ3n) is 6.04. The Balaban J connectivity index is 1.48. The first-order valence-electron chi connectivity index (χ1n) is 11.7. The van der Waals surface area contributed by atoms with Gasteiger partial charge in [-0.05, 0) is 77.0 Å². The number of hydrogen-bond acceptors (Lipinski definition) is 7. The van der Waals surface area contributed by atoms with Crippen LogP contribution in [0.3, 0.4) is 0 Å². The number of aliphatic hydroxyl groups excluding tert-OH is 2. The smallest absolute Gasteiger partial charge is 0.163 e. The summed E-state index contributed by atoms with van der Waals surface area (Å²) in [5, 5.41) is 20.6. The Morgan fingerprint density at radius 2 is 1.39 bits per heavy atom. The van der Waals surface area contributed by atoms with Gasteiger partial charge in [0, 0.05) is 13.1 Å². The molecule has 0 bridgehead atoms. The van der Waals surface area contributed by atoms with E-state index in [9.17, 15) is 15.0 Å². The van der Waals surface area contributed by atoms with E-state index in [1.807, 2.05) is 0 Å². The molecule has 31 heavy (non-hydrogen) atoms. The number of piperidine rings is 2. The fraction of sp³-hybridized carbons (Fsp3) is 0.708. The second-order valence-electron chi connectivity index (χ2n) is 8.87. The van der Waals surface area contributed by atoms with E-state index in [4.69, 9.17) is 9.47 Å². The minimum absolute atomic E-state index is 0.125. The molecule has 0 radical (unpaired) electrons. The molecule has 3 rings (SSSR count). The topological polar surface area (TPSA) is 82.5 Å². The van der Waals surface area contributed by atoms with E-state index in [2.05, 4.69) is 9.80 Å². The molecule has 0 aromatic heterocycles. The molecule has 2 aliphatic rings. The monoisotopic (exact) mass is 434 g/mol. The number of carbonyl (C=O) groups excluding carboxylic acids is 1. The summed E-state index contributed by atoms with van der Waals surface area (Å²) < 4.78 is 11.5. The Morgan fingerprint density at radius 1 is 0.871 bits per heavy atom. The number of Topliss-reactive ketones (excluding diaryl/α,β-unsaturated/α-hetero) is 1. The zero-order chi connectivity index (χ0) is 22.1. The van der Waals surface area contributed by atoms with Crippen molar-refractivity contribution in [2.45, 2.75) is 57.7 Å². The van der Waals surface area contributed by atoms with E-state index in [-0.39, 0.29) is 19.0 Å². The third kappa shape index (κ3) is 8.07. The maximum absolute atomic E-state index is 12.1. The van der Waals surface area contributed by atoms with Gasteiger partial charge < -0.3 is 29.5 Å². The van der Waals surface area contributed by atoms with Gasteiger partial charge in [-0.15, -0.1) is 0 Å². The van der Waals surface area contributed by atoms with Crippen molar-refractivity contribution < 1.29 is 24.5 Å². The Morgan fingerprint density at radius 3 is 1.90 bits per heavy atom. The molecule has 0 saturated carbocycles. The molecular weight excluding hydrogens is 396 g/mol. The Labute approximate surface area is 185 Å². The summed E-state index contributed by atoms with van der Waals surface area (Å²) in [7, 11) is 0. The van der Waals surface area contributed by atoms with Gasteiger partial charge in [0.2, 0.25) is 0 Å². The summed E-state index contributed by atoms with van der Waals surface area (Å²) in [4.78, 5) is 16.6. The number of nitrogens with zero attached hydrogens (tertiary/aromatic N) is 2. The molecule has 2 N–H and O–H groups in total. The van der Waals surface area contributed by atoms with Crippen molar-refractivity contribution >= 4 is 5.78 Å². The Kier molecular flexibility index (Phi) is 9.58. The summed E-state index contributed by atoms with van der Waals surface area (Å²) in [6.07, 6.45) is 6.08. The van der Waals surface area contributed by atoms with E-state index in [0.717, 1.165) is 26.2 Å². The molecular formula is C24H38N2O5. The van der Waals surface area contributed by atoms with Crippen molar-refractivity contribution in [1.29, 1.82) is 0 Å². The molecule has 7 nitrogen and oxygen atoms in total. The molecule has 1 aromatic rings. The molecule has 2 atom stereocenters. The molecule has 0 aliphatic carbocycles. The summed E-state index contributed by atoms with van der Waals surface area (Å²) in [5.41, 5.74) is 0.424. The second kappa shape index (κ2) is 12.4. The highest BCUT2D eigenvalue weighted by molar-refractivity contribution is 5.97. The third-order valence-corrected chi connectivity index (χ3v) is 6.04. The molecule has 174 valence electrons. The summed E-state index contributed by atoms with van der Waals surface area (Å²) in [6, 6.07) is 5.10. The Hall–Kier alpha value is -1.67. The number of carbonyl (C=O) groups is 1. The standard InChI is InChI=1S/C24H38N2O5/c1-19(27)23-14-22(30-17-20(28)15-25-10-4-2-5-11-25)8-9-24(23)31-18-21(29)16-26-12-6-3-7-13-26/h8-9,14,20-21,28-29H,2-7,10-13,15-18H2,1H3. The van der Waals surface area contributed by atoms with Crippen molar-refractivity contribution in [2.75, 3.05) is 52.5 Å². The molecule has 0 spiro atoms. The number of ether oxygens (including phenoxy) is 2. The van der Waals surface area contributed by atoms with Crippen LogP contribution in [-0.4, -0.2) is 90.5 Å². The minimum Gasteiger partial charge on any atom is -0.491 e. The number of hydrogen-bond donors (Lipinski definition) is 2. The van der Waals surface area contributed by atoms with Gasteiger partial charge in [-0.25, -0.2) is 0 Å². The van der Waals surface area contributed by atoms with Crippen LogP contribution in [0, 0.1) is 0 Å². The molecule has 2 unspecified atom stereocenters. The predicted molar refractivity (Wildman–Crippen MR) is 120 cm³/mol. The van der Waals surface area contributed by atoms with Crippen molar-refractivity contribution in [3.8, 4) is 11.5 Å². The van der Waals surface area contributed by atoms with E-state index in [0.29, 0.717) is 30.2 Å². The van der Waals surface area contributed by atoms with Crippen molar-refractivity contribution in [3.05, 3.63) is 23.8 Å². The number of ketones is 1. The molecule has 7 heteroatoms. The van der Waals surface area contributed by atoms with Crippen LogP contribution >= 0.6 is 0 Å².